The third-order valence-corrected chi connectivity index (χ3v) is 5.94. The van der Waals surface area contributed by atoms with Crippen molar-refractivity contribution in [2.75, 3.05) is 11.1 Å². The minimum atomic E-state index is -0.501. The fraction of sp³-hybridized carbons (Fsp3) is 0.182. The van der Waals surface area contributed by atoms with Gasteiger partial charge in [-0.2, -0.15) is 0 Å². The highest BCUT2D eigenvalue weighted by Gasteiger charge is 2.21. The molecule has 0 fully saturated rings. The number of carbonyl (C=O) groups is 2. The molecule has 33 heavy (non-hydrogen) atoms. The number of thioether (sulfide) groups is 1. The number of allylic oxidation sites excluding steroid dienone is 1. The van der Waals surface area contributed by atoms with E-state index in [0.29, 0.717) is 28.2 Å². The molecule has 0 saturated heterocycles. The lowest BCUT2D eigenvalue weighted by atomic mass is 10.2. The maximum absolute atomic E-state index is 13.0. The van der Waals surface area contributed by atoms with Crippen LogP contribution in [0.1, 0.15) is 29.1 Å². The van der Waals surface area contributed by atoms with Gasteiger partial charge in [-0.15, -0.1) is 16.8 Å². The third-order valence-electron chi connectivity index (χ3n) is 4.43. The summed E-state index contributed by atoms with van der Waals surface area (Å²) in [4.78, 5) is 24.9. The lowest BCUT2D eigenvalue weighted by Crippen LogP contribution is -2.29. The molecule has 3 aromatic rings. The first kappa shape index (κ1) is 24.8. The van der Waals surface area contributed by atoms with Gasteiger partial charge in [0.2, 0.25) is 5.91 Å². The fourth-order valence-electron chi connectivity index (χ4n) is 2.90. The minimum absolute atomic E-state index is 0.0633. The summed E-state index contributed by atoms with van der Waals surface area (Å²) in [6.07, 6.45) is 1.67. The molecule has 2 aromatic carbocycles. The SMILES string of the molecule is C=CCn1c(SCC(=O)Nc2ccc(F)cc2)nnc1C(C)NC(=O)c1ccc(Cl)cc1Cl. The molecular formula is C22H20Cl2FN5O2S. The van der Waals surface area contributed by atoms with Crippen molar-refractivity contribution < 1.29 is 14.0 Å². The Hall–Kier alpha value is -2.88. The number of amides is 2. The Morgan fingerprint density at radius 3 is 2.61 bits per heavy atom. The van der Waals surface area contributed by atoms with E-state index in [-0.39, 0.29) is 34.0 Å². The highest BCUT2D eigenvalue weighted by Crippen LogP contribution is 2.24. The second kappa shape index (κ2) is 11.3. The van der Waals surface area contributed by atoms with E-state index in [0.717, 1.165) is 0 Å². The van der Waals surface area contributed by atoms with Crippen LogP contribution in [0.4, 0.5) is 10.1 Å². The van der Waals surface area contributed by atoms with Crippen LogP contribution in [0.2, 0.25) is 10.0 Å². The Kier molecular flexibility index (Phi) is 8.49. The summed E-state index contributed by atoms with van der Waals surface area (Å²) >= 11 is 13.2. The Bertz CT molecular complexity index is 1170. The summed E-state index contributed by atoms with van der Waals surface area (Å²) in [6.45, 7) is 5.90. The molecule has 0 bridgehead atoms. The van der Waals surface area contributed by atoms with Gasteiger partial charge in [0.25, 0.3) is 5.91 Å². The quantitative estimate of drug-likeness (QED) is 0.309. The molecule has 1 unspecified atom stereocenters. The number of nitrogens with one attached hydrogen (secondary N) is 2. The highest BCUT2D eigenvalue weighted by atomic mass is 35.5. The standard InChI is InChI=1S/C22H20Cl2FN5O2S/c1-3-10-30-20(13(2)26-21(32)17-9-4-14(23)11-18(17)24)28-29-22(30)33-12-19(31)27-16-7-5-15(25)6-8-16/h3-9,11,13H,1,10,12H2,2H3,(H,26,32)(H,27,31). The van der Waals surface area contributed by atoms with Crippen LogP contribution in [-0.2, 0) is 11.3 Å². The summed E-state index contributed by atoms with van der Waals surface area (Å²) < 4.78 is 14.8. The second-order valence-corrected chi connectivity index (χ2v) is 8.69. The minimum Gasteiger partial charge on any atom is -0.342 e. The van der Waals surface area contributed by atoms with E-state index in [4.69, 9.17) is 23.2 Å². The lowest BCUT2D eigenvalue weighted by molar-refractivity contribution is -0.113. The highest BCUT2D eigenvalue weighted by molar-refractivity contribution is 7.99. The van der Waals surface area contributed by atoms with E-state index in [1.165, 1.54) is 42.1 Å². The van der Waals surface area contributed by atoms with Gasteiger partial charge in [-0.3, -0.25) is 9.59 Å². The molecule has 1 atom stereocenters. The number of hydrogen-bond acceptors (Lipinski definition) is 5. The van der Waals surface area contributed by atoms with E-state index < -0.39 is 6.04 Å². The molecule has 0 aliphatic carbocycles. The zero-order valence-electron chi connectivity index (χ0n) is 17.5. The molecule has 0 spiro atoms. The molecule has 3 rings (SSSR count). The van der Waals surface area contributed by atoms with Crippen molar-refractivity contribution in [1.82, 2.24) is 20.1 Å². The van der Waals surface area contributed by atoms with Crippen LogP contribution in [0.15, 0.2) is 60.3 Å². The van der Waals surface area contributed by atoms with Crippen molar-refractivity contribution in [2.45, 2.75) is 24.7 Å². The van der Waals surface area contributed by atoms with Gasteiger partial charge < -0.3 is 15.2 Å². The van der Waals surface area contributed by atoms with Gasteiger partial charge in [-0.1, -0.05) is 41.0 Å². The van der Waals surface area contributed by atoms with Crippen LogP contribution in [0.5, 0.6) is 0 Å². The normalized spacial score (nSPS) is 11.6. The number of anilines is 1. The van der Waals surface area contributed by atoms with Gasteiger partial charge in [0.1, 0.15) is 5.82 Å². The van der Waals surface area contributed by atoms with Crippen molar-refractivity contribution in [1.29, 1.82) is 0 Å². The van der Waals surface area contributed by atoms with Crippen LogP contribution in [0, 0.1) is 5.82 Å². The second-order valence-electron chi connectivity index (χ2n) is 6.90. The van der Waals surface area contributed by atoms with Crippen LogP contribution >= 0.6 is 35.0 Å². The van der Waals surface area contributed by atoms with Crippen molar-refractivity contribution in [2.24, 2.45) is 0 Å². The molecule has 7 nitrogen and oxygen atoms in total. The molecule has 1 heterocycles. The van der Waals surface area contributed by atoms with Gasteiger partial charge in [0, 0.05) is 17.3 Å². The Labute approximate surface area is 204 Å². The van der Waals surface area contributed by atoms with Gasteiger partial charge in [0.15, 0.2) is 11.0 Å². The van der Waals surface area contributed by atoms with E-state index >= 15 is 0 Å². The zero-order chi connectivity index (χ0) is 24.0. The van der Waals surface area contributed by atoms with E-state index in [1.807, 2.05) is 0 Å². The van der Waals surface area contributed by atoms with Crippen molar-refractivity contribution >= 4 is 52.5 Å². The summed E-state index contributed by atoms with van der Waals surface area (Å²) in [7, 11) is 0. The number of benzene rings is 2. The number of halogens is 3. The summed E-state index contributed by atoms with van der Waals surface area (Å²) in [5.74, 6) is -0.486. The maximum atomic E-state index is 13.0. The predicted octanol–water partition coefficient (Wildman–Crippen LogP) is 5.13. The summed E-state index contributed by atoms with van der Waals surface area (Å²) in [6, 6.07) is 9.61. The van der Waals surface area contributed by atoms with Crippen LogP contribution < -0.4 is 10.6 Å². The van der Waals surface area contributed by atoms with Crippen molar-refractivity contribution in [3.63, 3.8) is 0 Å². The molecule has 172 valence electrons. The van der Waals surface area contributed by atoms with Crippen LogP contribution in [-0.4, -0.2) is 32.3 Å². The average Bonchev–Trinajstić information content (AvgIpc) is 3.17. The summed E-state index contributed by atoms with van der Waals surface area (Å²) in [5.41, 5.74) is 0.780. The third kappa shape index (κ3) is 6.56. The first-order chi connectivity index (χ1) is 15.8. The van der Waals surface area contributed by atoms with Gasteiger partial charge in [-0.25, -0.2) is 4.39 Å². The first-order valence-electron chi connectivity index (χ1n) is 9.76. The predicted molar refractivity (Wildman–Crippen MR) is 128 cm³/mol. The first-order valence-corrected chi connectivity index (χ1v) is 11.5. The van der Waals surface area contributed by atoms with E-state index in [1.54, 1.807) is 29.7 Å². The number of rotatable bonds is 9. The molecule has 11 heteroatoms. The van der Waals surface area contributed by atoms with Crippen molar-refractivity contribution in [3.05, 3.63) is 82.4 Å². The van der Waals surface area contributed by atoms with Crippen LogP contribution in [0.25, 0.3) is 0 Å². The van der Waals surface area contributed by atoms with E-state index in [2.05, 4.69) is 27.4 Å². The average molecular weight is 508 g/mol. The van der Waals surface area contributed by atoms with Gasteiger partial charge >= 0.3 is 0 Å². The maximum Gasteiger partial charge on any atom is 0.253 e. The Morgan fingerprint density at radius 1 is 1.21 bits per heavy atom. The largest absolute Gasteiger partial charge is 0.342 e. The monoisotopic (exact) mass is 507 g/mol. The van der Waals surface area contributed by atoms with Crippen molar-refractivity contribution in [3.8, 4) is 0 Å². The molecule has 1 aromatic heterocycles. The summed E-state index contributed by atoms with van der Waals surface area (Å²) in [5, 5.41) is 15.0. The molecule has 2 N–H and O–H groups in total. The molecule has 0 saturated carbocycles. The zero-order valence-corrected chi connectivity index (χ0v) is 19.8. The van der Waals surface area contributed by atoms with Crippen LogP contribution in [0.3, 0.4) is 0 Å². The Morgan fingerprint density at radius 2 is 1.94 bits per heavy atom. The lowest BCUT2D eigenvalue weighted by Gasteiger charge is -2.16. The molecular weight excluding hydrogens is 488 g/mol. The molecule has 2 amide bonds. The van der Waals surface area contributed by atoms with E-state index in [9.17, 15) is 14.0 Å². The Balaban J connectivity index is 1.67. The smallest absolute Gasteiger partial charge is 0.253 e. The number of nitrogens with zero attached hydrogens (tertiary/aromatic N) is 3. The van der Waals surface area contributed by atoms with Gasteiger partial charge in [0.05, 0.1) is 22.4 Å². The number of aromatic nitrogens is 3. The molecule has 0 radical (unpaired) electrons. The molecule has 0 aliphatic heterocycles. The number of hydrogen-bond donors (Lipinski definition) is 2. The number of carbonyl (C=O) groups excluding carboxylic acids is 2. The topological polar surface area (TPSA) is 88.9 Å². The molecule has 0 aliphatic rings. The van der Waals surface area contributed by atoms with Gasteiger partial charge in [-0.05, 0) is 49.4 Å². The fourth-order valence-corrected chi connectivity index (χ4v) is 4.15.